The van der Waals surface area contributed by atoms with E-state index in [9.17, 15) is 66.3 Å². The van der Waals surface area contributed by atoms with Gasteiger partial charge < -0.3 is 4.74 Å². The van der Waals surface area contributed by atoms with Gasteiger partial charge in [-0.1, -0.05) is 6.92 Å². The van der Waals surface area contributed by atoms with Crippen LogP contribution in [0.4, 0.5) is 61.5 Å². The molecule has 0 saturated heterocycles. The Bertz CT molecular complexity index is 608. The Hall–Kier alpha value is -1.51. The van der Waals surface area contributed by atoms with Crippen molar-refractivity contribution in [3.63, 3.8) is 0 Å². The van der Waals surface area contributed by atoms with E-state index in [2.05, 4.69) is 4.74 Å². The largest absolute Gasteiger partial charge is 0.457 e. The summed E-state index contributed by atoms with van der Waals surface area (Å²) in [5.74, 6) is -34.8. The topological polar surface area (TPSA) is 26.3 Å². The van der Waals surface area contributed by atoms with Crippen molar-refractivity contribution in [2.24, 2.45) is 0 Å². The molecule has 0 fully saturated rings. The van der Waals surface area contributed by atoms with Gasteiger partial charge in [-0.3, -0.25) is 0 Å². The fourth-order valence-corrected chi connectivity index (χ4v) is 1.71. The van der Waals surface area contributed by atoms with Crippen LogP contribution in [0.1, 0.15) is 33.1 Å². The van der Waals surface area contributed by atoms with Gasteiger partial charge in [-0.2, -0.15) is 57.1 Å². The van der Waals surface area contributed by atoms with E-state index in [1.807, 2.05) is 0 Å². The zero-order chi connectivity index (χ0) is 24.6. The lowest BCUT2D eigenvalue weighted by atomic mass is 9.94. The van der Waals surface area contributed by atoms with Gasteiger partial charge in [-0.15, -0.1) is 0 Å². The monoisotopic (exact) mass is 480 g/mol. The molecule has 0 spiro atoms. The van der Waals surface area contributed by atoms with Crippen molar-refractivity contribution >= 4 is 5.97 Å². The number of hydrogen-bond donors (Lipinski definition) is 0. The molecule has 0 heterocycles. The smallest absolute Gasteiger partial charge is 0.395 e. The predicted octanol–water partition coefficient (Wildman–Crippen LogP) is 6.19. The first-order valence-electron chi connectivity index (χ1n) is 7.67. The minimum absolute atomic E-state index is 0.475. The van der Waals surface area contributed by atoms with E-state index in [-0.39, 0.29) is 0 Å². The van der Waals surface area contributed by atoms with E-state index in [1.165, 1.54) is 0 Å². The molecule has 0 bridgehead atoms. The lowest BCUT2D eigenvalue weighted by Crippen LogP contribution is -2.59. The molecule has 1 unspecified atom stereocenters. The summed E-state index contributed by atoms with van der Waals surface area (Å²) in [5.41, 5.74) is -2.97. The van der Waals surface area contributed by atoms with Gasteiger partial charge in [0.2, 0.25) is 5.67 Å². The fraction of sp³-hybridized carbons (Fsp3) is 0.929. The normalized spacial score (nSPS) is 16.9. The van der Waals surface area contributed by atoms with Crippen LogP contribution in [-0.2, 0) is 9.53 Å². The Morgan fingerprint density at radius 1 is 0.667 bits per heavy atom. The molecule has 30 heavy (non-hydrogen) atoms. The van der Waals surface area contributed by atoms with Gasteiger partial charge in [0.05, 0.1) is 6.42 Å². The molecule has 0 amide bonds. The minimum atomic E-state index is -7.12. The molecule has 0 saturated carbocycles. The van der Waals surface area contributed by atoms with Crippen molar-refractivity contribution < 1.29 is 71.0 Å². The van der Waals surface area contributed by atoms with Crippen LogP contribution in [-0.4, -0.2) is 54.0 Å². The number of hydrogen-bond acceptors (Lipinski definition) is 2. The molecule has 0 aromatic heterocycles. The van der Waals surface area contributed by atoms with Crippen molar-refractivity contribution in [1.29, 1.82) is 0 Å². The van der Waals surface area contributed by atoms with Gasteiger partial charge in [0.15, 0.2) is 6.61 Å². The third-order valence-electron chi connectivity index (χ3n) is 3.79. The van der Waals surface area contributed by atoms with Crippen LogP contribution in [0.25, 0.3) is 0 Å². The van der Waals surface area contributed by atoms with Crippen molar-refractivity contribution in [3.05, 3.63) is 0 Å². The standard InChI is InChI=1S/C14H14F14O2/c1-3-8(2,15)7(29)30-6-12(22,23)9(16,17)4-10(18,19)14(27,28)11(20,21)5-13(24,25)26/h3-6H2,1-2H3. The van der Waals surface area contributed by atoms with E-state index in [0.29, 0.717) is 6.92 Å². The average molecular weight is 480 g/mol. The summed E-state index contributed by atoms with van der Waals surface area (Å²) in [7, 11) is 0. The second kappa shape index (κ2) is 8.20. The third kappa shape index (κ3) is 6.25. The zero-order valence-corrected chi connectivity index (χ0v) is 14.9. The second-order valence-electron chi connectivity index (χ2n) is 6.49. The van der Waals surface area contributed by atoms with Crippen molar-refractivity contribution in [2.75, 3.05) is 6.61 Å². The average Bonchev–Trinajstić information content (AvgIpc) is 2.48. The molecule has 0 aliphatic rings. The number of esters is 1. The van der Waals surface area contributed by atoms with E-state index >= 15 is 0 Å². The molecule has 16 heteroatoms. The highest BCUT2D eigenvalue weighted by molar-refractivity contribution is 5.78. The van der Waals surface area contributed by atoms with Gasteiger partial charge in [0.25, 0.3) is 0 Å². The highest BCUT2D eigenvalue weighted by Gasteiger charge is 2.76. The number of rotatable bonds is 10. The Morgan fingerprint density at radius 3 is 1.43 bits per heavy atom. The maximum Gasteiger partial charge on any atom is 0.395 e. The molecular formula is C14H14F14O2. The summed E-state index contributed by atoms with van der Waals surface area (Å²) < 4.78 is 186. The lowest BCUT2D eigenvalue weighted by Gasteiger charge is -2.36. The van der Waals surface area contributed by atoms with Gasteiger partial charge >= 0.3 is 41.8 Å². The SMILES string of the molecule is CCC(C)(F)C(=O)OCC(F)(F)C(F)(F)CC(F)(F)C(F)(F)C(F)(F)CC(F)(F)F. The molecule has 0 aromatic rings. The zero-order valence-electron chi connectivity index (χ0n) is 14.9. The van der Waals surface area contributed by atoms with Crippen LogP contribution in [0.15, 0.2) is 0 Å². The van der Waals surface area contributed by atoms with Crippen molar-refractivity contribution in [1.82, 2.24) is 0 Å². The summed E-state index contributed by atoms with van der Waals surface area (Å²) in [6.45, 7) is -1.33. The van der Waals surface area contributed by atoms with Crippen LogP contribution in [0.3, 0.4) is 0 Å². The molecule has 0 radical (unpaired) electrons. The molecule has 0 rings (SSSR count). The summed E-state index contributed by atoms with van der Waals surface area (Å²) in [6, 6.07) is 0. The van der Waals surface area contributed by atoms with Gasteiger partial charge in [0.1, 0.15) is 6.42 Å². The third-order valence-corrected chi connectivity index (χ3v) is 3.79. The summed E-state index contributed by atoms with van der Waals surface area (Å²) in [5, 5.41) is 0. The number of halogens is 14. The Morgan fingerprint density at radius 2 is 1.07 bits per heavy atom. The molecular weight excluding hydrogens is 466 g/mol. The fourth-order valence-electron chi connectivity index (χ4n) is 1.71. The van der Waals surface area contributed by atoms with E-state index in [4.69, 9.17) is 0 Å². The van der Waals surface area contributed by atoms with Crippen molar-refractivity contribution in [2.45, 2.75) is 74.6 Å². The summed E-state index contributed by atoms with van der Waals surface area (Å²) in [4.78, 5) is 11.1. The molecule has 1 atom stereocenters. The van der Waals surface area contributed by atoms with Crippen LogP contribution in [0.5, 0.6) is 0 Å². The Balaban J connectivity index is 5.63. The molecule has 180 valence electrons. The van der Waals surface area contributed by atoms with Crippen LogP contribution >= 0.6 is 0 Å². The molecule has 0 N–H and O–H groups in total. The first-order chi connectivity index (χ1) is 12.9. The number of ether oxygens (including phenoxy) is 1. The van der Waals surface area contributed by atoms with E-state index in [0.717, 1.165) is 6.92 Å². The van der Waals surface area contributed by atoms with E-state index < -0.39 is 73.3 Å². The molecule has 2 nitrogen and oxygen atoms in total. The first-order valence-corrected chi connectivity index (χ1v) is 7.67. The van der Waals surface area contributed by atoms with Gasteiger partial charge in [0, 0.05) is 0 Å². The van der Waals surface area contributed by atoms with Crippen LogP contribution in [0.2, 0.25) is 0 Å². The predicted molar refractivity (Wildman–Crippen MR) is 70.8 cm³/mol. The van der Waals surface area contributed by atoms with Crippen LogP contribution < -0.4 is 0 Å². The number of carbonyl (C=O) groups excluding carboxylic acids is 1. The Kier molecular flexibility index (Phi) is 7.79. The van der Waals surface area contributed by atoms with Gasteiger partial charge in [-0.25, -0.2) is 9.18 Å². The van der Waals surface area contributed by atoms with Gasteiger partial charge in [-0.05, 0) is 13.3 Å². The first kappa shape index (κ1) is 28.5. The maximum absolute atomic E-state index is 13.5. The number of carbonyl (C=O) groups is 1. The molecule has 0 aromatic carbocycles. The van der Waals surface area contributed by atoms with Crippen LogP contribution in [0, 0.1) is 0 Å². The highest BCUT2D eigenvalue weighted by atomic mass is 19.4. The second-order valence-corrected chi connectivity index (χ2v) is 6.49. The highest BCUT2D eigenvalue weighted by Crippen LogP contribution is 2.54. The summed E-state index contributed by atoms with van der Waals surface area (Å²) >= 11 is 0. The minimum Gasteiger partial charge on any atom is -0.457 e. The number of alkyl halides is 14. The quantitative estimate of drug-likeness (QED) is 0.276. The molecule has 0 aliphatic carbocycles. The van der Waals surface area contributed by atoms with E-state index in [1.54, 1.807) is 0 Å². The molecule has 0 aliphatic heterocycles. The Labute approximate surface area is 159 Å². The maximum atomic E-state index is 13.5. The summed E-state index contributed by atoms with van der Waals surface area (Å²) in [6.07, 6.45) is -14.7. The lowest BCUT2D eigenvalue weighted by molar-refractivity contribution is -0.351. The van der Waals surface area contributed by atoms with Crippen molar-refractivity contribution in [3.8, 4) is 0 Å².